The first-order chi connectivity index (χ1) is 11.8. The molecule has 118 valence electrons. The molecule has 0 aliphatic heterocycles. The van der Waals surface area contributed by atoms with Gasteiger partial charge in [0.2, 0.25) is 5.91 Å². The molecule has 0 bridgehead atoms. The molecule has 4 aromatic rings. The van der Waals surface area contributed by atoms with Gasteiger partial charge in [-0.3, -0.25) is 4.79 Å². The summed E-state index contributed by atoms with van der Waals surface area (Å²) in [6.45, 7) is 0. The Morgan fingerprint density at radius 1 is 0.833 bits per heavy atom. The normalized spacial score (nSPS) is 10.0. The zero-order chi connectivity index (χ0) is 16.8. The van der Waals surface area contributed by atoms with Crippen molar-refractivity contribution < 1.29 is 9.21 Å². The van der Waals surface area contributed by atoms with Crippen molar-refractivity contribution in [2.45, 2.75) is 0 Å². The Balaban J connectivity index is 0.000000159. The van der Waals surface area contributed by atoms with Crippen molar-refractivity contribution in [3.05, 3.63) is 90.8 Å². The Labute approximate surface area is 139 Å². The summed E-state index contributed by atoms with van der Waals surface area (Å²) < 4.78 is 5.01. The number of rotatable bonds is 2. The fourth-order valence-electron chi connectivity index (χ4n) is 2.37. The average Bonchev–Trinajstić information content (AvgIpc) is 3.12. The highest BCUT2D eigenvalue weighted by Gasteiger charge is 2.07. The van der Waals surface area contributed by atoms with Gasteiger partial charge in [-0.1, -0.05) is 60.7 Å². The van der Waals surface area contributed by atoms with Crippen LogP contribution in [-0.2, 0) is 0 Å². The first-order valence-electron chi connectivity index (χ1n) is 7.48. The summed E-state index contributed by atoms with van der Waals surface area (Å²) in [5, 5.41) is 0. The molecule has 0 aliphatic rings. The van der Waals surface area contributed by atoms with Gasteiger partial charge in [0.15, 0.2) is 12.0 Å². The topological polar surface area (TPSA) is 69.1 Å². The number of carbonyl (C=O) groups is 1. The zero-order valence-corrected chi connectivity index (χ0v) is 12.9. The van der Waals surface area contributed by atoms with Crippen molar-refractivity contribution in [3.8, 4) is 11.1 Å². The van der Waals surface area contributed by atoms with Crippen LogP contribution in [0, 0.1) is 0 Å². The van der Waals surface area contributed by atoms with E-state index in [4.69, 9.17) is 10.2 Å². The van der Waals surface area contributed by atoms with E-state index in [2.05, 4.69) is 4.98 Å². The summed E-state index contributed by atoms with van der Waals surface area (Å²) in [6.07, 6.45) is 1.45. The van der Waals surface area contributed by atoms with Crippen molar-refractivity contribution >= 4 is 17.0 Å². The highest BCUT2D eigenvalue weighted by molar-refractivity contribution is 5.99. The van der Waals surface area contributed by atoms with Crippen molar-refractivity contribution in [1.29, 1.82) is 0 Å². The minimum absolute atomic E-state index is 0.394. The molecule has 0 spiro atoms. The number of aromatic nitrogens is 1. The number of carbonyl (C=O) groups excluding carboxylic acids is 1. The minimum atomic E-state index is -0.394. The number of benzene rings is 3. The number of fused-ring (bicyclic) bond motifs is 1. The molecule has 4 rings (SSSR count). The number of primary amides is 1. The first-order valence-corrected chi connectivity index (χ1v) is 7.48. The summed E-state index contributed by atoms with van der Waals surface area (Å²) >= 11 is 0. The van der Waals surface area contributed by atoms with E-state index in [-0.39, 0.29) is 0 Å². The van der Waals surface area contributed by atoms with E-state index in [9.17, 15) is 4.79 Å². The Bertz CT molecular complexity index is 916. The molecule has 4 nitrogen and oxygen atoms in total. The van der Waals surface area contributed by atoms with Gasteiger partial charge in [-0.05, 0) is 29.3 Å². The second-order valence-corrected chi connectivity index (χ2v) is 5.10. The first kappa shape index (κ1) is 15.5. The molecule has 0 atom stereocenters. The lowest BCUT2D eigenvalue weighted by molar-refractivity contribution is 0.100. The average molecular weight is 316 g/mol. The Hall–Kier alpha value is -3.40. The molecule has 1 amide bonds. The van der Waals surface area contributed by atoms with Crippen LogP contribution in [0.1, 0.15) is 10.4 Å². The van der Waals surface area contributed by atoms with Gasteiger partial charge in [0.1, 0.15) is 5.52 Å². The van der Waals surface area contributed by atoms with Gasteiger partial charge < -0.3 is 10.2 Å². The summed E-state index contributed by atoms with van der Waals surface area (Å²) in [5.74, 6) is -0.394. The van der Waals surface area contributed by atoms with Gasteiger partial charge in [0, 0.05) is 5.56 Å². The molecule has 24 heavy (non-hydrogen) atoms. The van der Waals surface area contributed by atoms with E-state index in [1.54, 1.807) is 6.07 Å². The van der Waals surface area contributed by atoms with Crippen LogP contribution < -0.4 is 5.73 Å². The van der Waals surface area contributed by atoms with Crippen molar-refractivity contribution in [2.24, 2.45) is 5.73 Å². The monoisotopic (exact) mass is 316 g/mol. The van der Waals surface area contributed by atoms with Crippen LogP contribution in [0.3, 0.4) is 0 Å². The van der Waals surface area contributed by atoms with E-state index in [0.29, 0.717) is 5.56 Å². The van der Waals surface area contributed by atoms with Crippen LogP contribution in [0.2, 0.25) is 0 Å². The predicted molar refractivity (Wildman–Crippen MR) is 94.4 cm³/mol. The highest BCUT2D eigenvalue weighted by Crippen LogP contribution is 2.22. The van der Waals surface area contributed by atoms with E-state index in [1.807, 2.05) is 72.8 Å². The lowest BCUT2D eigenvalue weighted by Gasteiger charge is -2.05. The van der Waals surface area contributed by atoms with Gasteiger partial charge in [-0.15, -0.1) is 0 Å². The predicted octanol–water partition coefficient (Wildman–Crippen LogP) is 4.28. The summed E-state index contributed by atoms with van der Waals surface area (Å²) in [5.41, 5.74) is 9.52. The number of oxazole rings is 1. The van der Waals surface area contributed by atoms with Crippen LogP contribution in [0.25, 0.3) is 22.2 Å². The summed E-state index contributed by atoms with van der Waals surface area (Å²) in [4.78, 5) is 15.2. The lowest BCUT2D eigenvalue weighted by atomic mass is 9.99. The van der Waals surface area contributed by atoms with Gasteiger partial charge in [-0.2, -0.15) is 0 Å². The number of hydrogen-bond acceptors (Lipinski definition) is 3. The van der Waals surface area contributed by atoms with Crippen molar-refractivity contribution in [3.63, 3.8) is 0 Å². The van der Waals surface area contributed by atoms with E-state index in [1.165, 1.54) is 6.39 Å². The molecule has 1 aromatic heterocycles. The summed E-state index contributed by atoms with van der Waals surface area (Å²) in [6, 6.07) is 24.8. The maximum atomic E-state index is 11.2. The molecule has 0 saturated heterocycles. The third kappa shape index (κ3) is 3.50. The van der Waals surface area contributed by atoms with Crippen LogP contribution >= 0.6 is 0 Å². The molecule has 0 unspecified atom stereocenters. The smallest absolute Gasteiger partial charge is 0.249 e. The van der Waals surface area contributed by atoms with Gasteiger partial charge in [-0.25, -0.2) is 4.98 Å². The summed E-state index contributed by atoms with van der Waals surface area (Å²) in [7, 11) is 0. The van der Waals surface area contributed by atoms with Gasteiger partial charge >= 0.3 is 0 Å². The third-order valence-corrected chi connectivity index (χ3v) is 3.51. The largest absolute Gasteiger partial charge is 0.443 e. The lowest BCUT2D eigenvalue weighted by Crippen LogP contribution is -2.12. The molecular weight excluding hydrogens is 300 g/mol. The van der Waals surface area contributed by atoms with Crippen LogP contribution in [0.15, 0.2) is 89.7 Å². The number of nitrogens with zero attached hydrogens (tertiary/aromatic N) is 1. The number of amides is 1. The van der Waals surface area contributed by atoms with Gasteiger partial charge in [0.25, 0.3) is 0 Å². The quantitative estimate of drug-likeness (QED) is 0.600. The molecule has 0 fully saturated rings. The number of para-hydroxylation sites is 2. The maximum Gasteiger partial charge on any atom is 0.249 e. The van der Waals surface area contributed by atoms with Gasteiger partial charge in [0.05, 0.1) is 0 Å². The molecule has 0 saturated carbocycles. The Morgan fingerprint density at radius 3 is 2.25 bits per heavy atom. The molecule has 4 heteroatoms. The van der Waals surface area contributed by atoms with E-state index in [0.717, 1.165) is 22.2 Å². The SMILES string of the molecule is NC(=O)c1ccccc1-c1ccccc1.c1ccc2ocnc2c1. The fraction of sp³-hybridized carbons (Fsp3) is 0. The highest BCUT2D eigenvalue weighted by atomic mass is 16.3. The molecule has 0 radical (unpaired) electrons. The second kappa shape index (κ2) is 7.24. The van der Waals surface area contributed by atoms with Crippen LogP contribution in [0.4, 0.5) is 0 Å². The van der Waals surface area contributed by atoms with Crippen molar-refractivity contribution in [2.75, 3.05) is 0 Å². The van der Waals surface area contributed by atoms with Crippen LogP contribution in [-0.4, -0.2) is 10.9 Å². The molecule has 3 aromatic carbocycles. The molecule has 2 N–H and O–H groups in total. The fourth-order valence-corrected chi connectivity index (χ4v) is 2.37. The standard InChI is InChI=1S/C13H11NO.C7H5NO/c14-13(15)12-9-5-4-8-11(12)10-6-2-1-3-7-10;1-2-4-7-6(3-1)8-5-9-7/h1-9H,(H2,14,15);1-5H. The van der Waals surface area contributed by atoms with E-state index < -0.39 is 5.91 Å². The number of nitrogens with two attached hydrogens (primary N) is 1. The Morgan fingerprint density at radius 2 is 1.50 bits per heavy atom. The molecular formula is C20H16N2O2. The Kier molecular flexibility index (Phi) is 4.68. The van der Waals surface area contributed by atoms with Crippen molar-refractivity contribution in [1.82, 2.24) is 4.98 Å². The maximum absolute atomic E-state index is 11.2. The molecule has 0 aliphatic carbocycles. The minimum Gasteiger partial charge on any atom is -0.443 e. The molecule has 1 heterocycles. The number of hydrogen-bond donors (Lipinski definition) is 1. The van der Waals surface area contributed by atoms with E-state index >= 15 is 0 Å². The zero-order valence-electron chi connectivity index (χ0n) is 12.9. The van der Waals surface area contributed by atoms with Crippen LogP contribution in [0.5, 0.6) is 0 Å². The second-order valence-electron chi connectivity index (χ2n) is 5.10. The third-order valence-electron chi connectivity index (χ3n) is 3.51.